The van der Waals surface area contributed by atoms with Gasteiger partial charge in [0, 0.05) is 11.7 Å². The van der Waals surface area contributed by atoms with Crippen LogP contribution in [-0.2, 0) is 15.8 Å². The van der Waals surface area contributed by atoms with Crippen molar-refractivity contribution < 1.29 is 22.8 Å². The lowest BCUT2D eigenvalue weighted by molar-refractivity contribution is -0.138. The van der Waals surface area contributed by atoms with Gasteiger partial charge in [0.1, 0.15) is 5.41 Å². The van der Waals surface area contributed by atoms with Gasteiger partial charge >= 0.3 is 6.18 Å². The average Bonchev–Trinajstić information content (AvgIpc) is 3.18. The van der Waals surface area contributed by atoms with Crippen molar-refractivity contribution in [2.75, 3.05) is 5.32 Å². The smallest absolute Gasteiger partial charge is 0.353 e. The molecule has 0 aliphatic heterocycles. The Hall–Kier alpha value is -2.05. The van der Waals surface area contributed by atoms with Crippen molar-refractivity contribution >= 4 is 17.5 Å². The molecule has 1 aliphatic rings. The molecule has 0 radical (unpaired) electrons. The molecule has 2 N–H and O–H groups in total. The molecule has 1 aromatic carbocycles. The van der Waals surface area contributed by atoms with Gasteiger partial charge in [-0.3, -0.25) is 9.59 Å². The van der Waals surface area contributed by atoms with Crippen LogP contribution in [0.3, 0.4) is 0 Å². The number of carbonyl (C=O) groups is 2. The van der Waals surface area contributed by atoms with Crippen LogP contribution < -0.4 is 10.6 Å². The van der Waals surface area contributed by atoms with E-state index in [0.717, 1.165) is 12.1 Å². The van der Waals surface area contributed by atoms with Crippen LogP contribution in [0.15, 0.2) is 24.3 Å². The van der Waals surface area contributed by atoms with Gasteiger partial charge in [-0.25, -0.2) is 0 Å². The van der Waals surface area contributed by atoms with Crippen LogP contribution in [-0.4, -0.2) is 17.9 Å². The van der Waals surface area contributed by atoms with Gasteiger partial charge in [-0.05, 0) is 44.9 Å². The summed E-state index contributed by atoms with van der Waals surface area (Å²) in [6, 6.07) is 4.25. The molecule has 2 rings (SSSR count). The van der Waals surface area contributed by atoms with Gasteiger partial charge in [0.15, 0.2) is 0 Å². The monoisotopic (exact) mass is 314 g/mol. The molecule has 0 saturated heterocycles. The Labute approximate surface area is 126 Å². The summed E-state index contributed by atoms with van der Waals surface area (Å²) in [5.41, 5.74) is -1.97. The van der Waals surface area contributed by atoms with E-state index in [9.17, 15) is 22.8 Å². The van der Waals surface area contributed by atoms with Crippen molar-refractivity contribution in [3.8, 4) is 0 Å². The van der Waals surface area contributed by atoms with Crippen LogP contribution in [0.1, 0.15) is 32.3 Å². The number of amides is 2. The second-order valence-corrected chi connectivity index (χ2v) is 5.74. The van der Waals surface area contributed by atoms with E-state index in [4.69, 9.17) is 0 Å². The first-order chi connectivity index (χ1) is 10.1. The summed E-state index contributed by atoms with van der Waals surface area (Å²) in [6.07, 6.45) is -3.68. The maximum atomic E-state index is 12.6. The highest BCUT2D eigenvalue weighted by Gasteiger charge is 2.56. The Balaban J connectivity index is 2.11. The summed E-state index contributed by atoms with van der Waals surface area (Å²) in [5, 5.41) is 5.08. The van der Waals surface area contributed by atoms with E-state index in [1.165, 1.54) is 12.1 Å². The minimum Gasteiger partial charge on any atom is -0.353 e. The molecule has 0 heterocycles. The molecule has 22 heavy (non-hydrogen) atoms. The molecular formula is C15H17F3N2O2. The van der Waals surface area contributed by atoms with Gasteiger partial charge in [0.05, 0.1) is 5.56 Å². The van der Waals surface area contributed by atoms with E-state index in [-0.39, 0.29) is 17.6 Å². The number of hydrogen-bond acceptors (Lipinski definition) is 2. The molecule has 120 valence electrons. The third kappa shape index (κ3) is 3.40. The van der Waals surface area contributed by atoms with E-state index < -0.39 is 23.1 Å². The second kappa shape index (κ2) is 5.62. The Morgan fingerprint density at radius 2 is 1.82 bits per heavy atom. The molecule has 0 unspecified atom stereocenters. The Morgan fingerprint density at radius 3 is 2.32 bits per heavy atom. The minimum absolute atomic E-state index is 0.0310. The molecule has 0 spiro atoms. The number of alkyl halides is 3. The van der Waals surface area contributed by atoms with E-state index in [2.05, 4.69) is 10.6 Å². The van der Waals surface area contributed by atoms with Crippen LogP contribution in [0.2, 0.25) is 0 Å². The lowest BCUT2D eigenvalue weighted by atomic mass is 10.0. The standard InChI is InChI=1S/C15H17F3N2O2/c1-9(2)19-12(21)14(6-7-14)13(22)20-11-5-3-4-10(8-11)15(16,17)18/h3-5,8-9H,6-7H2,1-2H3,(H,19,21)(H,20,22). The molecule has 1 saturated carbocycles. The number of carbonyl (C=O) groups excluding carboxylic acids is 2. The normalized spacial score (nSPS) is 16.3. The van der Waals surface area contributed by atoms with Crippen molar-refractivity contribution in [1.82, 2.24) is 5.32 Å². The molecule has 4 nitrogen and oxygen atoms in total. The Bertz CT molecular complexity index is 593. The number of benzene rings is 1. The quantitative estimate of drug-likeness (QED) is 0.840. The predicted molar refractivity (Wildman–Crippen MR) is 75.0 cm³/mol. The molecule has 1 aromatic rings. The summed E-state index contributed by atoms with van der Waals surface area (Å²) < 4.78 is 37.9. The highest BCUT2D eigenvalue weighted by molar-refractivity contribution is 6.13. The first-order valence-electron chi connectivity index (χ1n) is 6.95. The Kier molecular flexibility index (Phi) is 4.17. The summed E-state index contributed by atoms with van der Waals surface area (Å²) in [6.45, 7) is 3.55. The van der Waals surface area contributed by atoms with Crippen LogP contribution in [0, 0.1) is 5.41 Å². The van der Waals surface area contributed by atoms with Gasteiger partial charge in [-0.15, -0.1) is 0 Å². The molecule has 7 heteroatoms. The molecule has 1 aliphatic carbocycles. The van der Waals surface area contributed by atoms with Gasteiger partial charge in [-0.1, -0.05) is 6.07 Å². The Morgan fingerprint density at radius 1 is 1.18 bits per heavy atom. The lowest BCUT2D eigenvalue weighted by Gasteiger charge is -2.17. The highest BCUT2D eigenvalue weighted by Crippen LogP contribution is 2.47. The predicted octanol–water partition coefficient (Wildman–Crippen LogP) is 2.95. The highest BCUT2D eigenvalue weighted by atomic mass is 19.4. The molecule has 0 aromatic heterocycles. The third-order valence-corrected chi connectivity index (χ3v) is 3.49. The van der Waals surface area contributed by atoms with E-state index in [1.807, 2.05) is 0 Å². The minimum atomic E-state index is -4.48. The fourth-order valence-electron chi connectivity index (χ4n) is 2.11. The first kappa shape index (κ1) is 16.3. The fraction of sp³-hybridized carbons (Fsp3) is 0.467. The molecule has 2 amide bonds. The van der Waals surface area contributed by atoms with Crippen molar-refractivity contribution in [3.63, 3.8) is 0 Å². The van der Waals surface area contributed by atoms with Gasteiger partial charge in [-0.2, -0.15) is 13.2 Å². The first-order valence-corrected chi connectivity index (χ1v) is 6.95. The van der Waals surface area contributed by atoms with E-state index >= 15 is 0 Å². The molecular weight excluding hydrogens is 297 g/mol. The molecule has 0 atom stereocenters. The van der Waals surface area contributed by atoms with Crippen LogP contribution in [0.25, 0.3) is 0 Å². The van der Waals surface area contributed by atoms with Crippen molar-refractivity contribution in [2.24, 2.45) is 5.41 Å². The van der Waals surface area contributed by atoms with Crippen molar-refractivity contribution in [1.29, 1.82) is 0 Å². The summed E-state index contributed by atoms with van der Waals surface area (Å²) >= 11 is 0. The van der Waals surface area contributed by atoms with Gasteiger partial charge in [0.25, 0.3) is 0 Å². The SMILES string of the molecule is CC(C)NC(=O)C1(C(=O)Nc2cccc(C(F)(F)F)c2)CC1. The topological polar surface area (TPSA) is 58.2 Å². The maximum absolute atomic E-state index is 12.6. The zero-order chi connectivity index (χ0) is 16.5. The van der Waals surface area contributed by atoms with Gasteiger partial charge < -0.3 is 10.6 Å². The third-order valence-electron chi connectivity index (χ3n) is 3.49. The maximum Gasteiger partial charge on any atom is 0.416 e. The van der Waals surface area contributed by atoms with Crippen LogP contribution in [0.5, 0.6) is 0 Å². The van der Waals surface area contributed by atoms with E-state index in [0.29, 0.717) is 12.8 Å². The number of rotatable bonds is 4. The number of halogens is 3. The zero-order valence-corrected chi connectivity index (χ0v) is 12.3. The van der Waals surface area contributed by atoms with Crippen LogP contribution in [0.4, 0.5) is 18.9 Å². The summed E-state index contributed by atoms with van der Waals surface area (Å²) in [4.78, 5) is 24.3. The second-order valence-electron chi connectivity index (χ2n) is 5.74. The van der Waals surface area contributed by atoms with Crippen molar-refractivity contribution in [2.45, 2.75) is 38.9 Å². The summed E-state index contributed by atoms with van der Waals surface area (Å²) in [7, 11) is 0. The number of hydrogen-bond donors (Lipinski definition) is 2. The number of nitrogens with one attached hydrogen (secondary N) is 2. The largest absolute Gasteiger partial charge is 0.416 e. The van der Waals surface area contributed by atoms with Crippen LogP contribution >= 0.6 is 0 Å². The summed E-state index contributed by atoms with van der Waals surface area (Å²) in [5.74, 6) is -0.947. The van der Waals surface area contributed by atoms with Gasteiger partial charge in [0.2, 0.25) is 11.8 Å². The molecule has 0 bridgehead atoms. The fourth-order valence-corrected chi connectivity index (χ4v) is 2.11. The molecule has 1 fully saturated rings. The zero-order valence-electron chi connectivity index (χ0n) is 12.3. The van der Waals surface area contributed by atoms with E-state index in [1.54, 1.807) is 13.8 Å². The van der Waals surface area contributed by atoms with Crippen molar-refractivity contribution in [3.05, 3.63) is 29.8 Å². The number of anilines is 1. The average molecular weight is 314 g/mol. The lowest BCUT2D eigenvalue weighted by Crippen LogP contribution is -2.42.